The Labute approximate surface area is 205 Å². The zero-order valence-electron chi connectivity index (χ0n) is 19.2. The minimum Gasteiger partial charge on any atom is -0.393 e. The highest BCUT2D eigenvalue weighted by Gasteiger charge is 2.51. The molecule has 4 rings (SSSR count). The summed E-state index contributed by atoms with van der Waals surface area (Å²) in [5.74, 6) is -27.1. The fraction of sp³-hybridized carbons (Fsp3) is 0.500. The fourth-order valence-electron chi connectivity index (χ4n) is 6.81. The zero-order valence-corrected chi connectivity index (χ0v) is 19.2. The van der Waals surface area contributed by atoms with Crippen molar-refractivity contribution < 1.29 is 54.1 Å². The summed E-state index contributed by atoms with van der Waals surface area (Å²) in [6.45, 7) is 0. The van der Waals surface area contributed by atoms with Crippen molar-refractivity contribution in [1.29, 1.82) is 0 Å². The Morgan fingerprint density at radius 3 is 0.838 bits per heavy atom. The van der Waals surface area contributed by atoms with E-state index < -0.39 is 99.1 Å². The summed E-state index contributed by atoms with van der Waals surface area (Å²) >= 11 is 0. The highest BCUT2D eigenvalue weighted by Crippen LogP contribution is 2.49. The van der Waals surface area contributed by atoms with Crippen LogP contribution in [0.4, 0.5) is 43.9 Å². The van der Waals surface area contributed by atoms with Gasteiger partial charge in [0.25, 0.3) is 0 Å². The van der Waals surface area contributed by atoms with Gasteiger partial charge in [0.05, 0.1) is 18.4 Å². The summed E-state index contributed by atoms with van der Waals surface area (Å²) < 4.78 is 148. The van der Waals surface area contributed by atoms with Crippen LogP contribution in [0.1, 0.15) is 51.4 Å². The van der Waals surface area contributed by atoms with E-state index in [1.807, 2.05) is 0 Å². The number of rotatable bonds is 4. The first kappa shape index (κ1) is 27.8. The summed E-state index contributed by atoms with van der Waals surface area (Å²) in [7, 11) is 0. The van der Waals surface area contributed by atoms with E-state index in [1.165, 1.54) is 0 Å². The van der Waals surface area contributed by atoms with Gasteiger partial charge in [-0.3, -0.25) is 0 Å². The molecule has 2 aromatic carbocycles. The smallest absolute Gasteiger partial charge is 0.200 e. The molecular formula is C24H22BF10O2-. The lowest BCUT2D eigenvalue weighted by Crippen LogP contribution is -2.70. The van der Waals surface area contributed by atoms with Crippen LogP contribution in [-0.2, 0) is 0 Å². The molecule has 13 heteroatoms. The van der Waals surface area contributed by atoms with E-state index in [-0.39, 0.29) is 51.4 Å². The molecule has 2 aromatic rings. The van der Waals surface area contributed by atoms with Crippen LogP contribution >= 0.6 is 0 Å². The summed E-state index contributed by atoms with van der Waals surface area (Å²) in [4.78, 5) is 0. The monoisotopic (exact) mass is 543 g/mol. The predicted molar refractivity (Wildman–Crippen MR) is 114 cm³/mol. The Balaban J connectivity index is 2.21. The van der Waals surface area contributed by atoms with Gasteiger partial charge in [0.2, 0.25) is 0 Å². The third-order valence-electron chi connectivity index (χ3n) is 8.41. The summed E-state index contributed by atoms with van der Waals surface area (Å²) in [5, 5.41) is 20.0. The lowest BCUT2D eigenvalue weighted by atomic mass is 9.06. The SMILES string of the molecule is OC1CCC([B-](c2c(F)c(F)c(F)c(F)c2F)(c2c(F)c(F)c(F)c(F)c2F)C2CCC(O)CC2)CC1. The number of halogens is 10. The van der Waals surface area contributed by atoms with Crippen molar-refractivity contribution in [3.05, 3.63) is 58.2 Å². The van der Waals surface area contributed by atoms with Gasteiger partial charge in [0.15, 0.2) is 34.9 Å². The summed E-state index contributed by atoms with van der Waals surface area (Å²) in [6, 6.07) is 0. The predicted octanol–water partition coefficient (Wildman–Crippen LogP) is 5.25. The molecule has 0 aliphatic heterocycles. The molecule has 0 aromatic heterocycles. The van der Waals surface area contributed by atoms with E-state index in [2.05, 4.69) is 0 Å². The molecule has 0 amide bonds. The fourth-order valence-corrected chi connectivity index (χ4v) is 6.81. The van der Waals surface area contributed by atoms with Gasteiger partial charge in [-0.2, -0.15) is 11.6 Å². The van der Waals surface area contributed by atoms with Crippen LogP contribution in [-0.4, -0.2) is 28.6 Å². The van der Waals surface area contributed by atoms with Gasteiger partial charge in [-0.05, 0) is 25.7 Å². The highest BCUT2D eigenvalue weighted by atomic mass is 19.2. The Hall–Kier alpha value is -2.28. The maximum absolute atomic E-state index is 15.5. The summed E-state index contributed by atoms with van der Waals surface area (Å²) in [6.07, 6.45) is -7.25. The topological polar surface area (TPSA) is 40.5 Å². The highest BCUT2D eigenvalue weighted by molar-refractivity contribution is 7.04. The van der Waals surface area contributed by atoms with E-state index in [4.69, 9.17) is 0 Å². The van der Waals surface area contributed by atoms with Crippen LogP contribution in [0.25, 0.3) is 0 Å². The van der Waals surface area contributed by atoms with E-state index in [0.717, 1.165) is 0 Å². The molecule has 2 saturated carbocycles. The van der Waals surface area contributed by atoms with Crippen LogP contribution in [0.5, 0.6) is 0 Å². The molecule has 0 bridgehead atoms. The molecule has 37 heavy (non-hydrogen) atoms. The van der Waals surface area contributed by atoms with Crippen LogP contribution in [0.2, 0.25) is 11.6 Å². The first-order valence-electron chi connectivity index (χ1n) is 11.9. The minimum atomic E-state index is -3.93. The second-order valence-electron chi connectivity index (χ2n) is 10.1. The van der Waals surface area contributed by atoms with Gasteiger partial charge in [0, 0.05) is 0 Å². The molecule has 2 nitrogen and oxygen atoms in total. The molecule has 0 radical (unpaired) electrons. The van der Waals surface area contributed by atoms with Gasteiger partial charge in [-0.25, -0.2) is 43.9 Å². The molecule has 2 aliphatic carbocycles. The van der Waals surface area contributed by atoms with Gasteiger partial charge < -0.3 is 10.2 Å². The lowest BCUT2D eigenvalue weighted by Gasteiger charge is -2.57. The first-order valence-corrected chi connectivity index (χ1v) is 11.9. The van der Waals surface area contributed by atoms with Crippen molar-refractivity contribution in [3.8, 4) is 0 Å². The third-order valence-corrected chi connectivity index (χ3v) is 8.41. The number of benzene rings is 2. The second kappa shape index (κ2) is 10.1. The van der Waals surface area contributed by atoms with Crippen molar-refractivity contribution in [2.24, 2.45) is 0 Å². The van der Waals surface area contributed by atoms with Gasteiger partial charge in [0.1, 0.15) is 23.3 Å². The molecule has 2 N–H and O–H groups in total. The first-order chi connectivity index (χ1) is 17.3. The number of aliphatic hydroxyl groups is 2. The average Bonchev–Trinajstić information content (AvgIpc) is 2.88. The van der Waals surface area contributed by atoms with Crippen molar-refractivity contribution in [2.75, 3.05) is 0 Å². The summed E-state index contributed by atoms with van der Waals surface area (Å²) in [5.41, 5.74) is -3.25. The van der Waals surface area contributed by atoms with E-state index in [9.17, 15) is 36.6 Å². The largest absolute Gasteiger partial charge is 0.393 e. The van der Waals surface area contributed by atoms with E-state index >= 15 is 17.6 Å². The van der Waals surface area contributed by atoms with Crippen LogP contribution in [0, 0.1) is 58.2 Å². The van der Waals surface area contributed by atoms with E-state index in [0.29, 0.717) is 0 Å². The molecule has 0 atom stereocenters. The number of hydrogen-bond donors (Lipinski definition) is 2. The van der Waals surface area contributed by atoms with E-state index in [1.54, 1.807) is 0 Å². The van der Waals surface area contributed by atoms with Crippen molar-refractivity contribution in [1.82, 2.24) is 0 Å². The Morgan fingerprint density at radius 1 is 0.378 bits per heavy atom. The molecular weight excluding hydrogens is 521 g/mol. The Kier molecular flexibility index (Phi) is 7.59. The van der Waals surface area contributed by atoms with Crippen LogP contribution in [0.15, 0.2) is 0 Å². The Bertz CT molecular complexity index is 1060. The maximum atomic E-state index is 15.5. The van der Waals surface area contributed by atoms with Crippen molar-refractivity contribution in [2.45, 2.75) is 75.2 Å². The van der Waals surface area contributed by atoms with Gasteiger partial charge >= 0.3 is 0 Å². The molecule has 2 fully saturated rings. The quantitative estimate of drug-likeness (QED) is 0.240. The molecule has 0 saturated heterocycles. The standard InChI is InChI=1S/C24H22BF10O2/c26-15-13(16(27)20(31)23(34)19(15)30)25(9-1-5-11(36)6-2-9,10-3-7-12(37)8-4-10)14-17(28)21(32)24(35)22(33)18(14)29/h9-12,36-37H,1-8H2/q-1. The second-order valence-corrected chi connectivity index (χ2v) is 10.1. The molecule has 204 valence electrons. The molecule has 0 heterocycles. The zero-order chi connectivity index (χ0) is 27.4. The van der Waals surface area contributed by atoms with Gasteiger partial charge in [-0.1, -0.05) is 25.7 Å². The molecule has 0 spiro atoms. The minimum absolute atomic E-state index is 0.103. The number of hydrogen-bond acceptors (Lipinski definition) is 2. The third kappa shape index (κ3) is 4.22. The van der Waals surface area contributed by atoms with Crippen LogP contribution in [0.3, 0.4) is 0 Å². The van der Waals surface area contributed by atoms with Crippen LogP contribution < -0.4 is 10.9 Å². The molecule has 0 unspecified atom stereocenters. The maximum Gasteiger partial charge on any atom is 0.200 e. The molecule has 2 aliphatic rings. The number of aliphatic hydroxyl groups excluding tert-OH is 2. The average molecular weight is 543 g/mol. The normalized spacial score (nSPS) is 25.0. The van der Waals surface area contributed by atoms with Crippen molar-refractivity contribution >= 4 is 17.1 Å². The van der Waals surface area contributed by atoms with Crippen molar-refractivity contribution in [3.63, 3.8) is 0 Å². The van der Waals surface area contributed by atoms with Gasteiger partial charge in [-0.15, -0.1) is 10.9 Å². The lowest BCUT2D eigenvalue weighted by molar-refractivity contribution is 0.124. The Morgan fingerprint density at radius 2 is 0.595 bits per heavy atom.